The molecule has 2 rings (SSSR count). The van der Waals surface area contributed by atoms with E-state index in [1.165, 1.54) is 17.2 Å². The van der Waals surface area contributed by atoms with Crippen molar-refractivity contribution in [3.05, 3.63) is 59.9 Å². The van der Waals surface area contributed by atoms with Gasteiger partial charge in [-0.05, 0) is 17.7 Å². The van der Waals surface area contributed by atoms with Gasteiger partial charge < -0.3 is 15.3 Å². The number of carbonyl (C=O) groups is 2. The van der Waals surface area contributed by atoms with E-state index in [0.717, 1.165) is 5.56 Å². The first kappa shape index (κ1) is 14.5. The zero-order valence-corrected chi connectivity index (χ0v) is 11.5. The van der Waals surface area contributed by atoms with Gasteiger partial charge in [-0.2, -0.15) is 0 Å². The lowest BCUT2D eigenvalue weighted by atomic mass is 10.2. The third-order valence-electron chi connectivity index (χ3n) is 2.86. The van der Waals surface area contributed by atoms with E-state index in [1.54, 1.807) is 13.1 Å². The Bertz CT molecular complexity index is 644. The second-order valence-corrected chi connectivity index (χ2v) is 4.48. The number of aromatic carboxylic acids is 1. The highest BCUT2D eigenvalue weighted by Gasteiger charge is 2.15. The van der Waals surface area contributed by atoms with Crippen molar-refractivity contribution in [2.45, 2.75) is 6.54 Å². The van der Waals surface area contributed by atoms with Crippen LogP contribution >= 0.6 is 0 Å². The molecule has 0 aliphatic carbocycles. The van der Waals surface area contributed by atoms with Crippen LogP contribution in [0.2, 0.25) is 0 Å². The van der Waals surface area contributed by atoms with E-state index in [9.17, 15) is 9.59 Å². The van der Waals surface area contributed by atoms with Crippen LogP contribution in [0.25, 0.3) is 0 Å². The number of pyridine rings is 1. The minimum Gasteiger partial charge on any atom is -0.476 e. The number of nitrogens with zero attached hydrogens (tertiary/aromatic N) is 2. The predicted octanol–water partition coefficient (Wildman–Crippen LogP) is 2.44. The summed E-state index contributed by atoms with van der Waals surface area (Å²) >= 11 is 0. The molecule has 0 radical (unpaired) electrons. The first-order valence-corrected chi connectivity index (χ1v) is 6.32. The average Bonchev–Trinajstić information content (AvgIpc) is 2.48. The van der Waals surface area contributed by atoms with Crippen LogP contribution in [0.1, 0.15) is 16.1 Å². The van der Waals surface area contributed by atoms with E-state index < -0.39 is 12.0 Å². The number of hydrogen-bond acceptors (Lipinski definition) is 3. The summed E-state index contributed by atoms with van der Waals surface area (Å²) in [5, 5.41) is 11.6. The number of hydrogen-bond donors (Lipinski definition) is 2. The minimum absolute atomic E-state index is 0.176. The third-order valence-corrected chi connectivity index (χ3v) is 2.86. The molecule has 0 saturated carbocycles. The molecule has 0 atom stereocenters. The Labute approximate surface area is 122 Å². The van der Waals surface area contributed by atoms with Gasteiger partial charge in [-0.15, -0.1) is 0 Å². The molecule has 0 fully saturated rings. The SMILES string of the molecule is CN(Cc1ccccc1)C(=O)Nc1cccnc1C(=O)O. The van der Waals surface area contributed by atoms with Crippen LogP contribution in [0.3, 0.4) is 0 Å². The van der Waals surface area contributed by atoms with Crippen molar-refractivity contribution in [3.8, 4) is 0 Å². The Kier molecular flexibility index (Phi) is 4.50. The van der Waals surface area contributed by atoms with Gasteiger partial charge in [0.15, 0.2) is 5.69 Å². The van der Waals surface area contributed by atoms with E-state index in [4.69, 9.17) is 5.11 Å². The Morgan fingerprint density at radius 3 is 2.57 bits per heavy atom. The van der Waals surface area contributed by atoms with Gasteiger partial charge in [0.2, 0.25) is 0 Å². The molecule has 2 N–H and O–H groups in total. The van der Waals surface area contributed by atoms with Crippen molar-refractivity contribution in [3.63, 3.8) is 0 Å². The highest BCUT2D eigenvalue weighted by molar-refractivity contribution is 5.98. The summed E-state index contributed by atoms with van der Waals surface area (Å²) in [5.74, 6) is -1.18. The highest BCUT2D eigenvalue weighted by atomic mass is 16.4. The molecule has 0 aliphatic rings. The Balaban J connectivity index is 2.06. The van der Waals surface area contributed by atoms with Crippen LogP contribution in [0.4, 0.5) is 10.5 Å². The van der Waals surface area contributed by atoms with Crippen LogP contribution in [-0.4, -0.2) is 34.0 Å². The smallest absolute Gasteiger partial charge is 0.356 e. The fraction of sp³-hybridized carbons (Fsp3) is 0.133. The molecule has 0 unspecified atom stereocenters. The van der Waals surface area contributed by atoms with Gasteiger partial charge in [-0.25, -0.2) is 14.6 Å². The summed E-state index contributed by atoms with van der Waals surface area (Å²) in [7, 11) is 1.64. The molecule has 0 saturated heterocycles. The Morgan fingerprint density at radius 2 is 1.90 bits per heavy atom. The summed E-state index contributed by atoms with van der Waals surface area (Å²) in [6.45, 7) is 0.426. The Hall–Kier alpha value is -2.89. The largest absolute Gasteiger partial charge is 0.476 e. The van der Waals surface area contributed by atoms with Gasteiger partial charge in [-0.3, -0.25) is 0 Å². The molecule has 1 heterocycles. The monoisotopic (exact) mass is 285 g/mol. The molecule has 2 amide bonds. The molecule has 2 aromatic rings. The lowest BCUT2D eigenvalue weighted by molar-refractivity contribution is 0.0691. The molecule has 6 nitrogen and oxygen atoms in total. The first-order valence-electron chi connectivity index (χ1n) is 6.32. The highest BCUT2D eigenvalue weighted by Crippen LogP contribution is 2.13. The number of benzene rings is 1. The van der Waals surface area contributed by atoms with Crippen LogP contribution in [-0.2, 0) is 6.54 Å². The maximum Gasteiger partial charge on any atom is 0.356 e. The molecule has 0 spiro atoms. The fourth-order valence-electron chi connectivity index (χ4n) is 1.82. The van der Waals surface area contributed by atoms with Gasteiger partial charge in [0.25, 0.3) is 0 Å². The molecular weight excluding hydrogens is 270 g/mol. The minimum atomic E-state index is -1.18. The maximum atomic E-state index is 12.1. The summed E-state index contributed by atoms with van der Waals surface area (Å²) in [4.78, 5) is 28.3. The number of carboxylic acids is 1. The van der Waals surface area contributed by atoms with E-state index in [0.29, 0.717) is 6.54 Å². The van der Waals surface area contributed by atoms with Gasteiger partial charge in [0, 0.05) is 19.8 Å². The second kappa shape index (κ2) is 6.51. The maximum absolute atomic E-state index is 12.1. The van der Waals surface area contributed by atoms with E-state index in [1.807, 2.05) is 30.3 Å². The van der Waals surface area contributed by atoms with Crippen LogP contribution in [0, 0.1) is 0 Å². The molecular formula is C15H15N3O3. The van der Waals surface area contributed by atoms with Gasteiger partial charge in [-0.1, -0.05) is 30.3 Å². The van der Waals surface area contributed by atoms with Crippen molar-refractivity contribution in [2.24, 2.45) is 0 Å². The lowest BCUT2D eigenvalue weighted by Crippen LogP contribution is -2.31. The summed E-state index contributed by atoms with van der Waals surface area (Å²) < 4.78 is 0. The van der Waals surface area contributed by atoms with Crippen molar-refractivity contribution in [1.29, 1.82) is 0 Å². The molecule has 108 valence electrons. The van der Waals surface area contributed by atoms with Crippen molar-refractivity contribution < 1.29 is 14.7 Å². The van der Waals surface area contributed by atoms with E-state index in [2.05, 4.69) is 10.3 Å². The Morgan fingerprint density at radius 1 is 1.19 bits per heavy atom. The topological polar surface area (TPSA) is 82.5 Å². The fourth-order valence-corrected chi connectivity index (χ4v) is 1.82. The van der Waals surface area contributed by atoms with Crippen molar-refractivity contribution in [2.75, 3.05) is 12.4 Å². The van der Waals surface area contributed by atoms with Crippen molar-refractivity contribution in [1.82, 2.24) is 9.88 Å². The summed E-state index contributed by atoms with van der Waals surface area (Å²) in [6, 6.07) is 12.2. The standard InChI is InChI=1S/C15H15N3O3/c1-18(10-11-6-3-2-4-7-11)15(21)17-12-8-5-9-16-13(12)14(19)20/h2-9H,10H2,1H3,(H,17,21)(H,19,20). The molecule has 6 heteroatoms. The third kappa shape index (κ3) is 3.79. The predicted molar refractivity (Wildman–Crippen MR) is 78.1 cm³/mol. The number of nitrogens with one attached hydrogen (secondary N) is 1. The number of carbonyl (C=O) groups excluding carboxylic acids is 1. The molecule has 0 aliphatic heterocycles. The average molecular weight is 285 g/mol. The summed E-state index contributed by atoms with van der Waals surface area (Å²) in [5.41, 5.74) is 0.980. The molecule has 1 aromatic carbocycles. The van der Waals surface area contributed by atoms with Gasteiger partial charge in [0.1, 0.15) is 0 Å². The normalized spacial score (nSPS) is 9.95. The number of aromatic nitrogens is 1. The van der Waals surface area contributed by atoms with E-state index in [-0.39, 0.29) is 11.4 Å². The number of anilines is 1. The molecule has 21 heavy (non-hydrogen) atoms. The van der Waals surface area contributed by atoms with Gasteiger partial charge >= 0.3 is 12.0 Å². The molecule has 0 bridgehead atoms. The number of urea groups is 1. The quantitative estimate of drug-likeness (QED) is 0.904. The van der Waals surface area contributed by atoms with Crippen LogP contribution in [0.5, 0.6) is 0 Å². The van der Waals surface area contributed by atoms with Gasteiger partial charge in [0.05, 0.1) is 5.69 Å². The lowest BCUT2D eigenvalue weighted by Gasteiger charge is -2.18. The van der Waals surface area contributed by atoms with Crippen LogP contribution < -0.4 is 5.32 Å². The number of rotatable bonds is 4. The van der Waals surface area contributed by atoms with Crippen LogP contribution in [0.15, 0.2) is 48.7 Å². The number of amides is 2. The first-order chi connectivity index (χ1) is 10.1. The zero-order chi connectivity index (χ0) is 15.2. The molecule has 1 aromatic heterocycles. The number of carboxylic acid groups (broad SMARTS) is 1. The van der Waals surface area contributed by atoms with Crippen molar-refractivity contribution >= 4 is 17.7 Å². The zero-order valence-electron chi connectivity index (χ0n) is 11.5. The second-order valence-electron chi connectivity index (χ2n) is 4.48. The summed E-state index contributed by atoms with van der Waals surface area (Å²) in [6.07, 6.45) is 1.37. The van der Waals surface area contributed by atoms with E-state index >= 15 is 0 Å².